The van der Waals surface area contributed by atoms with Crippen molar-refractivity contribution < 1.29 is 9.53 Å². The van der Waals surface area contributed by atoms with Gasteiger partial charge in [-0.2, -0.15) is 0 Å². The number of nitrogens with two attached hydrogens (primary N) is 1. The Bertz CT molecular complexity index is 448. The van der Waals surface area contributed by atoms with Gasteiger partial charge in [-0.1, -0.05) is 12.1 Å². The molecule has 0 aliphatic heterocycles. The first-order valence-electron chi connectivity index (χ1n) is 6.49. The molecule has 0 saturated carbocycles. The van der Waals surface area contributed by atoms with Crippen LogP contribution in [-0.2, 0) is 4.79 Å². The third kappa shape index (κ3) is 5.30. The van der Waals surface area contributed by atoms with E-state index in [0.717, 1.165) is 11.1 Å². The first-order chi connectivity index (χ1) is 8.69. The minimum absolute atomic E-state index is 0.000440. The smallest absolute Gasteiger partial charge is 0.258 e. The molecule has 0 bridgehead atoms. The van der Waals surface area contributed by atoms with Crippen LogP contribution in [0.2, 0.25) is 0 Å². The van der Waals surface area contributed by atoms with E-state index >= 15 is 0 Å². The van der Waals surface area contributed by atoms with E-state index in [9.17, 15) is 4.79 Å². The molecule has 0 heterocycles. The summed E-state index contributed by atoms with van der Waals surface area (Å²) in [5, 5.41) is 2.86. The molecule has 4 nitrogen and oxygen atoms in total. The summed E-state index contributed by atoms with van der Waals surface area (Å²) in [6.07, 6.45) is 0. The summed E-state index contributed by atoms with van der Waals surface area (Å²) in [7, 11) is 0. The topological polar surface area (TPSA) is 64.3 Å². The average Bonchev–Trinajstić information content (AvgIpc) is 2.23. The SMILES string of the molecule is Cc1ccc([C@H](C)N)c(OCC(=O)NC(C)(C)C)c1. The van der Waals surface area contributed by atoms with Gasteiger partial charge in [-0.25, -0.2) is 0 Å². The summed E-state index contributed by atoms with van der Waals surface area (Å²) in [5.41, 5.74) is 7.63. The molecule has 1 aromatic rings. The second-order valence-electron chi connectivity index (χ2n) is 5.92. The van der Waals surface area contributed by atoms with E-state index in [1.54, 1.807) is 0 Å². The molecule has 0 aliphatic rings. The highest BCUT2D eigenvalue weighted by molar-refractivity contribution is 5.78. The Hall–Kier alpha value is -1.55. The van der Waals surface area contributed by atoms with Gasteiger partial charge in [0.25, 0.3) is 5.91 Å². The van der Waals surface area contributed by atoms with E-state index in [-0.39, 0.29) is 24.1 Å². The molecular weight excluding hydrogens is 240 g/mol. The van der Waals surface area contributed by atoms with Crippen molar-refractivity contribution in [2.45, 2.75) is 46.2 Å². The number of hydrogen-bond donors (Lipinski definition) is 2. The second kappa shape index (κ2) is 6.06. The van der Waals surface area contributed by atoms with Gasteiger partial charge in [0, 0.05) is 17.1 Å². The Kier molecular flexibility index (Phi) is 4.95. The lowest BCUT2D eigenvalue weighted by Gasteiger charge is -2.21. The van der Waals surface area contributed by atoms with Gasteiger partial charge in [0.2, 0.25) is 0 Å². The van der Waals surface area contributed by atoms with Crippen LogP contribution < -0.4 is 15.8 Å². The van der Waals surface area contributed by atoms with Crippen LogP contribution in [0.5, 0.6) is 5.75 Å². The van der Waals surface area contributed by atoms with Crippen molar-refractivity contribution in [2.75, 3.05) is 6.61 Å². The second-order valence-corrected chi connectivity index (χ2v) is 5.92. The van der Waals surface area contributed by atoms with Crippen molar-refractivity contribution in [2.24, 2.45) is 5.73 Å². The number of nitrogens with one attached hydrogen (secondary N) is 1. The van der Waals surface area contributed by atoms with E-state index in [1.807, 2.05) is 52.8 Å². The number of aryl methyl sites for hydroxylation is 1. The fourth-order valence-electron chi connectivity index (χ4n) is 1.74. The molecule has 0 aromatic heterocycles. The lowest BCUT2D eigenvalue weighted by atomic mass is 10.1. The molecule has 0 saturated heterocycles. The maximum Gasteiger partial charge on any atom is 0.258 e. The van der Waals surface area contributed by atoms with Gasteiger partial charge >= 0.3 is 0 Å². The summed E-state index contributed by atoms with van der Waals surface area (Å²) < 4.78 is 5.59. The quantitative estimate of drug-likeness (QED) is 0.877. The van der Waals surface area contributed by atoms with Crippen LogP contribution in [0.25, 0.3) is 0 Å². The van der Waals surface area contributed by atoms with Crippen molar-refractivity contribution in [3.05, 3.63) is 29.3 Å². The normalized spacial score (nSPS) is 12.9. The molecule has 1 aromatic carbocycles. The summed E-state index contributed by atoms with van der Waals surface area (Å²) in [5.74, 6) is 0.545. The summed E-state index contributed by atoms with van der Waals surface area (Å²) in [4.78, 5) is 11.7. The van der Waals surface area contributed by atoms with Gasteiger partial charge in [-0.05, 0) is 46.2 Å². The molecule has 0 radical (unpaired) electrons. The molecule has 4 heteroatoms. The van der Waals surface area contributed by atoms with Crippen LogP contribution in [0.3, 0.4) is 0 Å². The van der Waals surface area contributed by atoms with E-state index in [2.05, 4.69) is 5.32 Å². The number of ether oxygens (including phenoxy) is 1. The van der Waals surface area contributed by atoms with Crippen molar-refractivity contribution in [1.29, 1.82) is 0 Å². The van der Waals surface area contributed by atoms with Crippen LogP contribution in [0.1, 0.15) is 44.9 Å². The highest BCUT2D eigenvalue weighted by atomic mass is 16.5. The Labute approximate surface area is 115 Å². The lowest BCUT2D eigenvalue weighted by molar-refractivity contribution is -0.124. The Morgan fingerprint density at radius 3 is 2.58 bits per heavy atom. The van der Waals surface area contributed by atoms with Crippen LogP contribution in [0.4, 0.5) is 0 Å². The summed E-state index contributed by atoms with van der Waals surface area (Å²) in [6, 6.07) is 5.71. The Balaban J connectivity index is 2.72. The fraction of sp³-hybridized carbons (Fsp3) is 0.533. The van der Waals surface area contributed by atoms with Crippen molar-refractivity contribution in [3.8, 4) is 5.75 Å². The van der Waals surface area contributed by atoms with Crippen LogP contribution in [0.15, 0.2) is 18.2 Å². The van der Waals surface area contributed by atoms with E-state index < -0.39 is 0 Å². The van der Waals surface area contributed by atoms with Crippen LogP contribution in [-0.4, -0.2) is 18.1 Å². The zero-order valence-electron chi connectivity index (χ0n) is 12.4. The third-order valence-corrected chi connectivity index (χ3v) is 2.53. The molecule has 19 heavy (non-hydrogen) atoms. The lowest BCUT2D eigenvalue weighted by Crippen LogP contribution is -2.43. The van der Waals surface area contributed by atoms with Crippen LogP contribution in [0, 0.1) is 6.92 Å². The van der Waals surface area contributed by atoms with Gasteiger partial charge in [-0.15, -0.1) is 0 Å². The highest BCUT2D eigenvalue weighted by Crippen LogP contribution is 2.25. The van der Waals surface area contributed by atoms with Gasteiger partial charge in [-0.3, -0.25) is 4.79 Å². The average molecular weight is 264 g/mol. The zero-order valence-corrected chi connectivity index (χ0v) is 12.4. The van der Waals surface area contributed by atoms with E-state index in [0.29, 0.717) is 5.75 Å². The first-order valence-corrected chi connectivity index (χ1v) is 6.49. The summed E-state index contributed by atoms with van der Waals surface area (Å²) >= 11 is 0. The van der Waals surface area contributed by atoms with Gasteiger partial charge in [0.05, 0.1) is 0 Å². The van der Waals surface area contributed by atoms with Crippen molar-refractivity contribution in [1.82, 2.24) is 5.32 Å². The molecule has 0 fully saturated rings. The summed E-state index contributed by atoms with van der Waals surface area (Å²) in [6.45, 7) is 9.68. The van der Waals surface area contributed by atoms with E-state index in [4.69, 9.17) is 10.5 Å². The number of rotatable bonds is 4. The van der Waals surface area contributed by atoms with Gasteiger partial charge < -0.3 is 15.8 Å². The predicted octanol–water partition coefficient (Wildman–Crippen LogP) is 2.31. The van der Waals surface area contributed by atoms with Crippen molar-refractivity contribution >= 4 is 5.91 Å². The maximum absolute atomic E-state index is 11.7. The number of carbonyl (C=O) groups excluding carboxylic acids is 1. The molecule has 0 aliphatic carbocycles. The molecule has 0 spiro atoms. The molecule has 3 N–H and O–H groups in total. The Morgan fingerprint density at radius 1 is 1.42 bits per heavy atom. The fourth-order valence-corrected chi connectivity index (χ4v) is 1.74. The molecule has 1 atom stereocenters. The number of hydrogen-bond acceptors (Lipinski definition) is 3. The minimum atomic E-state index is -0.253. The Morgan fingerprint density at radius 2 is 2.05 bits per heavy atom. The molecular formula is C15H24N2O2. The van der Waals surface area contributed by atoms with Crippen molar-refractivity contribution in [3.63, 3.8) is 0 Å². The number of benzene rings is 1. The third-order valence-electron chi connectivity index (χ3n) is 2.53. The van der Waals surface area contributed by atoms with Crippen LogP contribution >= 0.6 is 0 Å². The van der Waals surface area contributed by atoms with E-state index in [1.165, 1.54) is 0 Å². The molecule has 106 valence electrons. The number of amides is 1. The standard InChI is InChI=1S/C15H24N2O2/c1-10-6-7-12(11(2)16)13(8-10)19-9-14(18)17-15(3,4)5/h6-8,11H,9,16H2,1-5H3,(H,17,18)/t11-/m0/s1. The zero-order chi connectivity index (χ0) is 14.6. The monoisotopic (exact) mass is 264 g/mol. The minimum Gasteiger partial charge on any atom is -0.483 e. The highest BCUT2D eigenvalue weighted by Gasteiger charge is 2.15. The predicted molar refractivity (Wildman–Crippen MR) is 77.2 cm³/mol. The molecule has 1 rings (SSSR count). The molecule has 0 unspecified atom stereocenters. The van der Waals surface area contributed by atoms with Gasteiger partial charge in [0.1, 0.15) is 5.75 Å². The maximum atomic E-state index is 11.7. The largest absolute Gasteiger partial charge is 0.483 e. The first kappa shape index (κ1) is 15.5. The number of carbonyl (C=O) groups is 1. The molecule has 1 amide bonds. The van der Waals surface area contributed by atoms with Gasteiger partial charge in [0.15, 0.2) is 6.61 Å².